The maximum Gasteiger partial charge on any atom is 0.310 e. The Bertz CT molecular complexity index is 555. The van der Waals surface area contributed by atoms with Crippen LogP contribution in [0.5, 0.6) is 5.75 Å². The number of hydrogen-bond donors (Lipinski definition) is 2. The molecule has 0 aromatic heterocycles. The quantitative estimate of drug-likeness (QED) is 0.868. The van der Waals surface area contributed by atoms with Gasteiger partial charge in [-0.15, -0.1) is 0 Å². The highest BCUT2D eigenvalue weighted by atomic mass is 16.5. The predicted octanol–water partition coefficient (Wildman–Crippen LogP) is 1.43. The number of carboxylic acid groups (broad SMARTS) is 1. The fourth-order valence-corrected chi connectivity index (χ4v) is 3.82. The lowest BCUT2D eigenvalue weighted by molar-refractivity contribution is -0.149. The van der Waals surface area contributed by atoms with Crippen LogP contribution < -0.4 is 9.64 Å². The van der Waals surface area contributed by atoms with E-state index < -0.39 is 18.0 Å². The summed E-state index contributed by atoms with van der Waals surface area (Å²) in [6.45, 7) is 3.18. The molecule has 6 heteroatoms. The van der Waals surface area contributed by atoms with Crippen LogP contribution in [0.15, 0.2) is 24.3 Å². The highest BCUT2D eigenvalue weighted by molar-refractivity contribution is 5.71. The predicted molar refractivity (Wildman–Crippen MR) is 91.6 cm³/mol. The Morgan fingerprint density at radius 2 is 1.79 bits per heavy atom. The van der Waals surface area contributed by atoms with Crippen molar-refractivity contribution in [3.05, 3.63) is 24.3 Å². The number of aliphatic carboxylic acids is 1. The second kappa shape index (κ2) is 7.40. The first kappa shape index (κ1) is 17.0. The molecule has 2 aliphatic heterocycles. The molecule has 24 heavy (non-hydrogen) atoms. The first-order valence-corrected chi connectivity index (χ1v) is 8.62. The minimum Gasteiger partial charge on any atom is -0.497 e. The van der Waals surface area contributed by atoms with Gasteiger partial charge in [-0.3, -0.25) is 9.69 Å². The third-order valence-electron chi connectivity index (χ3n) is 5.34. The Labute approximate surface area is 142 Å². The smallest absolute Gasteiger partial charge is 0.310 e. The molecule has 0 unspecified atom stereocenters. The Hall–Kier alpha value is -1.79. The third kappa shape index (κ3) is 3.65. The number of likely N-dealkylation sites (tertiary alicyclic amines) is 1. The molecule has 6 nitrogen and oxygen atoms in total. The summed E-state index contributed by atoms with van der Waals surface area (Å²) in [7, 11) is 1.67. The summed E-state index contributed by atoms with van der Waals surface area (Å²) in [6.07, 6.45) is 1.89. The van der Waals surface area contributed by atoms with Gasteiger partial charge in [-0.1, -0.05) is 0 Å². The van der Waals surface area contributed by atoms with Crippen molar-refractivity contribution >= 4 is 11.7 Å². The van der Waals surface area contributed by atoms with E-state index in [1.807, 2.05) is 12.1 Å². The summed E-state index contributed by atoms with van der Waals surface area (Å²) in [5.41, 5.74) is 1.20. The lowest BCUT2D eigenvalue weighted by atomic mass is 9.91. The van der Waals surface area contributed by atoms with Crippen LogP contribution in [0.1, 0.15) is 19.3 Å². The van der Waals surface area contributed by atoms with Gasteiger partial charge in [-0.05, 0) is 43.5 Å². The summed E-state index contributed by atoms with van der Waals surface area (Å²) in [6, 6.07) is 8.53. The molecule has 0 amide bonds. The van der Waals surface area contributed by atoms with E-state index in [4.69, 9.17) is 4.74 Å². The van der Waals surface area contributed by atoms with Crippen molar-refractivity contribution in [1.29, 1.82) is 0 Å². The van der Waals surface area contributed by atoms with Gasteiger partial charge in [-0.25, -0.2) is 0 Å². The number of carboxylic acids is 1. The van der Waals surface area contributed by atoms with Crippen molar-refractivity contribution in [2.75, 3.05) is 38.2 Å². The molecule has 132 valence electrons. The first-order chi connectivity index (χ1) is 11.6. The molecular formula is C18H26N2O4. The molecule has 0 spiro atoms. The van der Waals surface area contributed by atoms with Gasteiger partial charge in [0, 0.05) is 37.9 Å². The Kier molecular flexibility index (Phi) is 5.26. The first-order valence-electron chi connectivity index (χ1n) is 8.62. The van der Waals surface area contributed by atoms with Gasteiger partial charge in [0.1, 0.15) is 5.75 Å². The zero-order valence-corrected chi connectivity index (χ0v) is 14.1. The molecule has 2 atom stereocenters. The summed E-state index contributed by atoms with van der Waals surface area (Å²) < 4.78 is 5.20. The van der Waals surface area contributed by atoms with Crippen molar-refractivity contribution < 1.29 is 19.7 Å². The monoisotopic (exact) mass is 334 g/mol. The average Bonchev–Trinajstić information content (AvgIpc) is 2.62. The number of aliphatic hydroxyl groups is 1. The maximum absolute atomic E-state index is 11.3. The minimum atomic E-state index is -0.886. The molecule has 2 heterocycles. The van der Waals surface area contributed by atoms with Crippen molar-refractivity contribution in [3.63, 3.8) is 0 Å². The average molecular weight is 334 g/mol. The van der Waals surface area contributed by atoms with E-state index in [2.05, 4.69) is 21.9 Å². The van der Waals surface area contributed by atoms with Crippen LogP contribution in [0.3, 0.4) is 0 Å². The summed E-state index contributed by atoms with van der Waals surface area (Å²) in [4.78, 5) is 15.9. The Morgan fingerprint density at radius 1 is 1.12 bits per heavy atom. The number of ether oxygens (including phenoxy) is 1. The molecule has 0 bridgehead atoms. The summed E-state index contributed by atoms with van der Waals surface area (Å²) in [5, 5.41) is 19.1. The van der Waals surface area contributed by atoms with E-state index in [-0.39, 0.29) is 0 Å². The van der Waals surface area contributed by atoms with Crippen molar-refractivity contribution in [2.45, 2.75) is 31.4 Å². The molecule has 0 radical (unpaired) electrons. The van der Waals surface area contributed by atoms with E-state index in [1.165, 1.54) is 5.69 Å². The normalized spacial score (nSPS) is 26.3. The number of piperidine rings is 2. The lowest BCUT2D eigenvalue weighted by Gasteiger charge is -2.43. The highest BCUT2D eigenvalue weighted by Gasteiger charge is 2.36. The fraction of sp³-hybridized carbons (Fsp3) is 0.611. The number of aliphatic hydroxyl groups excluding tert-OH is 1. The van der Waals surface area contributed by atoms with Crippen molar-refractivity contribution in [1.82, 2.24) is 4.90 Å². The van der Waals surface area contributed by atoms with Crippen LogP contribution >= 0.6 is 0 Å². The molecular weight excluding hydrogens is 308 g/mol. The van der Waals surface area contributed by atoms with E-state index >= 15 is 0 Å². The van der Waals surface area contributed by atoms with Gasteiger partial charge < -0.3 is 19.8 Å². The minimum absolute atomic E-state index is 0.411. The van der Waals surface area contributed by atoms with Crippen LogP contribution in [0.25, 0.3) is 0 Å². The number of hydrogen-bond acceptors (Lipinski definition) is 5. The van der Waals surface area contributed by atoms with Crippen LogP contribution in [0.2, 0.25) is 0 Å². The highest BCUT2D eigenvalue weighted by Crippen LogP contribution is 2.27. The zero-order chi connectivity index (χ0) is 17.1. The molecule has 2 N–H and O–H groups in total. The fourth-order valence-electron chi connectivity index (χ4n) is 3.82. The molecule has 1 aromatic rings. The van der Waals surface area contributed by atoms with Crippen molar-refractivity contribution in [3.8, 4) is 5.75 Å². The van der Waals surface area contributed by atoms with Gasteiger partial charge in [0.15, 0.2) is 0 Å². The topological polar surface area (TPSA) is 73.2 Å². The number of carbonyl (C=O) groups is 1. The van der Waals surface area contributed by atoms with Gasteiger partial charge in [0.2, 0.25) is 0 Å². The van der Waals surface area contributed by atoms with E-state index in [9.17, 15) is 15.0 Å². The number of methoxy groups -OCH3 is 1. The number of benzene rings is 1. The van der Waals surface area contributed by atoms with Gasteiger partial charge in [-0.2, -0.15) is 0 Å². The molecule has 1 aromatic carbocycles. The molecule has 2 saturated heterocycles. The Balaban J connectivity index is 1.55. The molecule has 3 rings (SSSR count). The van der Waals surface area contributed by atoms with Gasteiger partial charge >= 0.3 is 5.97 Å². The van der Waals surface area contributed by atoms with Crippen molar-refractivity contribution in [2.24, 2.45) is 5.92 Å². The second-order valence-corrected chi connectivity index (χ2v) is 6.71. The standard InChI is InChI=1S/C18H26N2O4/c1-24-15-4-2-13(3-5-15)19-9-6-14(7-10-19)20-11-8-17(21)16(12-20)18(22)23/h2-5,14,16-17,21H,6-12H2,1H3,(H,22,23)/t16-,17+/m1/s1. The lowest BCUT2D eigenvalue weighted by Crippen LogP contribution is -2.53. The molecule has 0 saturated carbocycles. The second-order valence-electron chi connectivity index (χ2n) is 6.71. The number of nitrogens with zero attached hydrogens (tertiary/aromatic N) is 2. The number of anilines is 1. The van der Waals surface area contributed by atoms with E-state index in [0.29, 0.717) is 19.0 Å². The largest absolute Gasteiger partial charge is 0.497 e. The maximum atomic E-state index is 11.3. The van der Waals surface area contributed by atoms with E-state index in [1.54, 1.807) is 7.11 Å². The SMILES string of the molecule is COc1ccc(N2CCC(N3CC[C@H](O)[C@H](C(=O)O)C3)CC2)cc1. The van der Waals surface area contributed by atoms with E-state index in [0.717, 1.165) is 38.2 Å². The molecule has 2 aliphatic rings. The molecule has 0 aliphatic carbocycles. The summed E-state index contributed by atoms with van der Waals surface area (Å²) >= 11 is 0. The van der Waals surface area contributed by atoms with Crippen LogP contribution in [0.4, 0.5) is 5.69 Å². The molecule has 2 fully saturated rings. The van der Waals surface area contributed by atoms with Gasteiger partial charge in [0.25, 0.3) is 0 Å². The van der Waals surface area contributed by atoms with Crippen LogP contribution in [-0.4, -0.2) is 66.5 Å². The van der Waals surface area contributed by atoms with Gasteiger partial charge in [0.05, 0.1) is 19.1 Å². The van der Waals surface area contributed by atoms with Crippen LogP contribution in [0, 0.1) is 5.92 Å². The third-order valence-corrected chi connectivity index (χ3v) is 5.34. The zero-order valence-electron chi connectivity index (χ0n) is 14.1. The summed E-state index contributed by atoms with van der Waals surface area (Å²) in [5.74, 6) is -0.679. The van der Waals surface area contributed by atoms with Crippen LogP contribution in [-0.2, 0) is 4.79 Å². The number of rotatable bonds is 4. The Morgan fingerprint density at radius 3 is 2.38 bits per heavy atom.